The van der Waals surface area contributed by atoms with Crippen molar-refractivity contribution in [3.05, 3.63) is 156 Å². The molecule has 1 N–H and O–H groups in total. The van der Waals surface area contributed by atoms with E-state index in [1.54, 1.807) is 0 Å². The number of rotatable bonds is 15. The molecule has 48 heavy (non-hydrogen) atoms. The second-order valence-corrected chi connectivity index (χ2v) is 12.8. The first kappa shape index (κ1) is 32.8. The van der Waals surface area contributed by atoms with Crippen LogP contribution in [0.5, 0.6) is 11.5 Å². The van der Waals surface area contributed by atoms with Gasteiger partial charge in [-0.1, -0.05) is 135 Å². The van der Waals surface area contributed by atoms with Crippen molar-refractivity contribution in [1.82, 2.24) is 4.90 Å². The van der Waals surface area contributed by atoms with E-state index in [-0.39, 0.29) is 5.92 Å². The van der Waals surface area contributed by atoms with Crippen molar-refractivity contribution in [3.8, 4) is 11.5 Å². The van der Waals surface area contributed by atoms with Crippen LogP contribution in [0.2, 0.25) is 0 Å². The summed E-state index contributed by atoms with van der Waals surface area (Å²) in [5, 5.41) is 14.6. The number of aliphatic carboxylic acids is 1. The monoisotopic (exact) mass is 637 g/mol. The molecule has 0 bridgehead atoms. The van der Waals surface area contributed by atoms with Gasteiger partial charge in [-0.05, 0) is 63.7 Å². The van der Waals surface area contributed by atoms with Crippen LogP contribution in [0.15, 0.2) is 133 Å². The van der Waals surface area contributed by atoms with E-state index in [0.29, 0.717) is 39.3 Å². The molecule has 0 aliphatic heterocycles. The first-order valence-corrected chi connectivity index (χ1v) is 16.8. The van der Waals surface area contributed by atoms with Gasteiger partial charge < -0.3 is 14.6 Å². The highest BCUT2D eigenvalue weighted by molar-refractivity contribution is 5.89. The summed E-state index contributed by atoms with van der Waals surface area (Å²) >= 11 is 0. The fourth-order valence-electron chi connectivity index (χ4n) is 6.42. The van der Waals surface area contributed by atoms with Gasteiger partial charge in [0.15, 0.2) is 0 Å². The Morgan fingerprint density at radius 3 is 1.48 bits per heavy atom. The van der Waals surface area contributed by atoms with Crippen LogP contribution in [0.4, 0.5) is 0 Å². The molecule has 5 nitrogen and oxygen atoms in total. The van der Waals surface area contributed by atoms with E-state index in [9.17, 15) is 9.90 Å². The van der Waals surface area contributed by atoms with E-state index < -0.39 is 11.9 Å². The standard InChI is InChI=1S/C43H43NO4/c1-31(2)36(43(45)46)25-26-44(27-39-37-19-11-9-17-34(37)21-23-41(39)47-29-32-13-5-3-6-14-32)28-40-38-20-12-10-18-35(38)22-24-42(40)48-30-33-15-7-4-8-16-33/h3-24,31,36H,25-30H2,1-2H3,(H,45,46). The van der Waals surface area contributed by atoms with E-state index in [0.717, 1.165) is 55.3 Å². The van der Waals surface area contributed by atoms with Gasteiger partial charge in [-0.3, -0.25) is 9.69 Å². The van der Waals surface area contributed by atoms with E-state index in [4.69, 9.17) is 9.47 Å². The van der Waals surface area contributed by atoms with Gasteiger partial charge in [0, 0.05) is 24.2 Å². The maximum Gasteiger partial charge on any atom is 0.306 e. The summed E-state index contributed by atoms with van der Waals surface area (Å²) < 4.78 is 13.0. The van der Waals surface area contributed by atoms with Crippen molar-refractivity contribution in [1.29, 1.82) is 0 Å². The van der Waals surface area contributed by atoms with Crippen LogP contribution in [0.3, 0.4) is 0 Å². The number of hydrogen-bond donors (Lipinski definition) is 1. The minimum atomic E-state index is -0.751. The lowest BCUT2D eigenvalue weighted by atomic mass is 9.92. The smallest absolute Gasteiger partial charge is 0.306 e. The average molecular weight is 638 g/mol. The zero-order valence-electron chi connectivity index (χ0n) is 27.7. The fourth-order valence-corrected chi connectivity index (χ4v) is 6.42. The maximum absolute atomic E-state index is 12.3. The highest BCUT2D eigenvalue weighted by atomic mass is 16.5. The molecule has 0 saturated heterocycles. The molecule has 0 aromatic heterocycles. The summed E-state index contributed by atoms with van der Waals surface area (Å²) in [6.07, 6.45) is 0.531. The number of ether oxygens (including phenoxy) is 2. The molecule has 0 spiro atoms. The van der Waals surface area contributed by atoms with Crippen molar-refractivity contribution in [2.24, 2.45) is 11.8 Å². The predicted molar refractivity (Wildman–Crippen MR) is 194 cm³/mol. The predicted octanol–water partition coefficient (Wildman–Crippen LogP) is 9.90. The van der Waals surface area contributed by atoms with Gasteiger partial charge >= 0.3 is 5.97 Å². The van der Waals surface area contributed by atoms with Gasteiger partial charge in [0.1, 0.15) is 24.7 Å². The Morgan fingerprint density at radius 2 is 1.04 bits per heavy atom. The van der Waals surface area contributed by atoms with Gasteiger partial charge in [0.25, 0.3) is 0 Å². The van der Waals surface area contributed by atoms with Gasteiger partial charge in [0.2, 0.25) is 0 Å². The molecule has 0 aliphatic rings. The molecule has 244 valence electrons. The minimum absolute atomic E-state index is 0.0222. The zero-order chi connectivity index (χ0) is 33.3. The number of benzene rings is 6. The lowest BCUT2D eigenvalue weighted by Gasteiger charge is -2.28. The van der Waals surface area contributed by atoms with E-state index >= 15 is 0 Å². The average Bonchev–Trinajstić information content (AvgIpc) is 3.11. The molecule has 1 unspecified atom stereocenters. The Bertz CT molecular complexity index is 1830. The normalized spacial score (nSPS) is 12.1. The highest BCUT2D eigenvalue weighted by Gasteiger charge is 2.24. The van der Waals surface area contributed by atoms with Crippen molar-refractivity contribution in [2.45, 2.75) is 46.6 Å². The molecule has 5 heteroatoms. The first-order chi connectivity index (χ1) is 23.5. The molecule has 0 aliphatic carbocycles. The van der Waals surface area contributed by atoms with E-state index in [1.807, 2.05) is 50.2 Å². The summed E-state index contributed by atoms with van der Waals surface area (Å²) in [6.45, 7) is 6.66. The summed E-state index contributed by atoms with van der Waals surface area (Å²) in [4.78, 5) is 14.7. The van der Waals surface area contributed by atoms with Crippen LogP contribution >= 0.6 is 0 Å². The lowest BCUT2D eigenvalue weighted by molar-refractivity contribution is -0.143. The van der Waals surface area contributed by atoms with Crippen LogP contribution in [0.25, 0.3) is 21.5 Å². The fraction of sp³-hybridized carbons (Fsp3) is 0.233. The van der Waals surface area contributed by atoms with E-state index in [1.165, 1.54) is 0 Å². The molecule has 6 aromatic carbocycles. The third-order valence-corrected chi connectivity index (χ3v) is 9.11. The molecule has 1 atom stereocenters. The second-order valence-electron chi connectivity index (χ2n) is 12.8. The second kappa shape index (κ2) is 15.6. The van der Waals surface area contributed by atoms with E-state index in [2.05, 4.69) is 102 Å². The lowest BCUT2D eigenvalue weighted by Crippen LogP contribution is -2.30. The largest absolute Gasteiger partial charge is 0.489 e. The van der Waals surface area contributed by atoms with Crippen LogP contribution in [0, 0.1) is 11.8 Å². The molecule has 0 radical (unpaired) electrons. The van der Waals surface area contributed by atoms with Crippen molar-refractivity contribution in [2.75, 3.05) is 6.54 Å². The van der Waals surface area contributed by atoms with Gasteiger partial charge in [-0.25, -0.2) is 0 Å². The number of nitrogens with zero attached hydrogens (tertiary/aromatic N) is 1. The quantitative estimate of drug-likeness (QED) is 0.121. The molecular weight excluding hydrogens is 594 g/mol. The zero-order valence-corrected chi connectivity index (χ0v) is 27.7. The molecule has 6 rings (SSSR count). The molecule has 0 amide bonds. The Balaban J connectivity index is 1.39. The molecule has 6 aromatic rings. The summed E-state index contributed by atoms with van der Waals surface area (Å²) in [5.41, 5.74) is 4.39. The number of fused-ring (bicyclic) bond motifs is 2. The Hall–Kier alpha value is -5.13. The molecular formula is C43H43NO4. The minimum Gasteiger partial charge on any atom is -0.489 e. The van der Waals surface area contributed by atoms with Gasteiger partial charge in [-0.15, -0.1) is 0 Å². The third-order valence-electron chi connectivity index (χ3n) is 9.11. The maximum atomic E-state index is 12.3. The van der Waals surface area contributed by atoms with Crippen molar-refractivity contribution >= 4 is 27.5 Å². The topological polar surface area (TPSA) is 59.0 Å². The SMILES string of the molecule is CC(C)C(CCN(Cc1c(OCc2ccccc2)ccc2ccccc12)Cc1c(OCc2ccccc2)ccc2ccccc12)C(=O)O. The molecule has 0 saturated carbocycles. The third kappa shape index (κ3) is 8.04. The number of hydrogen-bond acceptors (Lipinski definition) is 4. The molecule has 0 fully saturated rings. The summed E-state index contributed by atoms with van der Waals surface area (Å²) in [5.74, 6) is 0.488. The first-order valence-electron chi connectivity index (χ1n) is 16.8. The van der Waals surface area contributed by atoms with Crippen LogP contribution in [0.1, 0.15) is 42.5 Å². The Labute approximate surface area is 283 Å². The van der Waals surface area contributed by atoms with Crippen molar-refractivity contribution < 1.29 is 19.4 Å². The van der Waals surface area contributed by atoms with Crippen LogP contribution < -0.4 is 9.47 Å². The highest BCUT2D eigenvalue weighted by Crippen LogP contribution is 2.34. The van der Waals surface area contributed by atoms with Crippen LogP contribution in [-0.2, 0) is 31.1 Å². The Kier molecular flexibility index (Phi) is 10.7. The summed E-state index contributed by atoms with van der Waals surface area (Å²) in [6, 6.07) is 45.6. The molecule has 0 heterocycles. The number of carboxylic acid groups (broad SMARTS) is 1. The van der Waals surface area contributed by atoms with Gasteiger partial charge in [-0.2, -0.15) is 0 Å². The van der Waals surface area contributed by atoms with Crippen molar-refractivity contribution in [3.63, 3.8) is 0 Å². The van der Waals surface area contributed by atoms with Gasteiger partial charge in [0.05, 0.1) is 5.92 Å². The number of carbonyl (C=O) groups is 1. The van der Waals surface area contributed by atoms with Crippen LogP contribution in [-0.4, -0.2) is 22.5 Å². The summed E-state index contributed by atoms with van der Waals surface area (Å²) in [7, 11) is 0. The Morgan fingerprint density at radius 1 is 0.604 bits per heavy atom. The number of carboxylic acids is 1.